The molecule has 3 N–H and O–H groups in total. The summed E-state index contributed by atoms with van der Waals surface area (Å²) in [4.78, 5) is 40.1. The van der Waals surface area contributed by atoms with Crippen LogP contribution in [0.15, 0.2) is 42.5 Å². The molecule has 0 saturated carbocycles. The summed E-state index contributed by atoms with van der Waals surface area (Å²) in [5, 5.41) is 15.0. The fourth-order valence-corrected chi connectivity index (χ4v) is 3.41. The van der Waals surface area contributed by atoms with E-state index in [1.807, 2.05) is 19.1 Å². The number of terminal acetylenes is 1. The van der Waals surface area contributed by atoms with Gasteiger partial charge in [0.1, 0.15) is 23.4 Å². The normalized spacial score (nSPS) is 12.5. The van der Waals surface area contributed by atoms with Gasteiger partial charge >= 0.3 is 6.09 Å². The van der Waals surface area contributed by atoms with Gasteiger partial charge in [-0.1, -0.05) is 30.2 Å². The molecule has 0 aromatic heterocycles. The summed E-state index contributed by atoms with van der Waals surface area (Å²) < 4.78 is 10.3. The van der Waals surface area contributed by atoms with Crippen molar-refractivity contribution in [1.82, 2.24) is 10.2 Å². The van der Waals surface area contributed by atoms with E-state index in [9.17, 15) is 19.5 Å². The molecule has 2 aromatic carbocycles. The van der Waals surface area contributed by atoms with Crippen molar-refractivity contribution in [2.24, 2.45) is 0 Å². The van der Waals surface area contributed by atoms with E-state index >= 15 is 0 Å². The van der Waals surface area contributed by atoms with Gasteiger partial charge in [0.2, 0.25) is 0 Å². The largest absolute Gasteiger partial charge is 0.497 e. The van der Waals surface area contributed by atoms with Crippen LogP contribution in [0.3, 0.4) is 0 Å². The van der Waals surface area contributed by atoms with Crippen LogP contribution in [0.25, 0.3) is 0 Å². The van der Waals surface area contributed by atoms with E-state index in [2.05, 4.69) is 16.7 Å². The molecule has 2 aromatic rings. The maximum Gasteiger partial charge on any atom is 0.408 e. The standard InChI is InChI=1S/C27H33N3O6/c1-8-30(25(33)22(16-31)29-26(34)36-27(4,5)6)23(21-15-17(2)9-10-18(21)3)24(32)28-19-11-13-20(35-7)14-12-19/h1,9-15,22-23,31H,16H2,2-7H3,(H,28,32)(H,29,34). The Morgan fingerprint density at radius 1 is 1.11 bits per heavy atom. The molecule has 0 bridgehead atoms. The summed E-state index contributed by atoms with van der Waals surface area (Å²) in [6.45, 7) is 7.88. The van der Waals surface area contributed by atoms with Crippen molar-refractivity contribution >= 4 is 23.6 Å². The lowest BCUT2D eigenvalue weighted by molar-refractivity contribution is -0.137. The number of aliphatic hydroxyl groups excluding tert-OH is 1. The molecule has 9 nitrogen and oxygen atoms in total. The number of hydrogen-bond acceptors (Lipinski definition) is 6. The second kappa shape index (κ2) is 12.1. The number of rotatable bonds is 8. The highest BCUT2D eigenvalue weighted by atomic mass is 16.6. The number of aliphatic hydroxyl groups is 1. The van der Waals surface area contributed by atoms with Gasteiger partial charge in [0.15, 0.2) is 0 Å². The van der Waals surface area contributed by atoms with Gasteiger partial charge in [-0.3, -0.25) is 14.5 Å². The zero-order valence-corrected chi connectivity index (χ0v) is 21.4. The third-order valence-electron chi connectivity index (χ3n) is 5.14. The van der Waals surface area contributed by atoms with Crippen molar-refractivity contribution in [3.63, 3.8) is 0 Å². The quantitative estimate of drug-likeness (QED) is 0.382. The molecule has 0 aliphatic rings. The van der Waals surface area contributed by atoms with Gasteiger partial charge < -0.3 is 25.2 Å². The molecule has 192 valence electrons. The van der Waals surface area contributed by atoms with Gasteiger partial charge in [-0.25, -0.2) is 4.79 Å². The summed E-state index contributed by atoms with van der Waals surface area (Å²) in [6, 6.07) is 11.7. The second-order valence-electron chi connectivity index (χ2n) is 9.20. The number of alkyl carbamates (subject to hydrolysis) is 1. The first-order valence-corrected chi connectivity index (χ1v) is 11.3. The molecule has 0 spiro atoms. The van der Waals surface area contributed by atoms with Crippen molar-refractivity contribution < 1.29 is 29.0 Å². The van der Waals surface area contributed by atoms with Gasteiger partial charge in [0.05, 0.1) is 13.7 Å². The summed E-state index contributed by atoms with van der Waals surface area (Å²) in [5.74, 6) is -0.811. The molecular weight excluding hydrogens is 462 g/mol. The Morgan fingerprint density at radius 3 is 2.28 bits per heavy atom. The predicted octanol–water partition coefficient (Wildman–Crippen LogP) is 3.30. The fraction of sp³-hybridized carbons (Fsp3) is 0.370. The smallest absolute Gasteiger partial charge is 0.408 e. The lowest BCUT2D eigenvalue weighted by Crippen LogP contribution is -2.52. The first kappa shape index (κ1) is 28.2. The number of aryl methyl sites for hydroxylation is 2. The van der Waals surface area contributed by atoms with Gasteiger partial charge in [0.25, 0.3) is 11.8 Å². The highest BCUT2D eigenvalue weighted by Gasteiger charge is 2.36. The minimum atomic E-state index is -1.43. The maximum atomic E-state index is 13.6. The summed E-state index contributed by atoms with van der Waals surface area (Å²) in [6.07, 6.45) is 4.82. The van der Waals surface area contributed by atoms with Crippen molar-refractivity contribution in [3.05, 3.63) is 59.2 Å². The number of carbonyl (C=O) groups excluding carboxylic acids is 3. The molecule has 0 aliphatic carbocycles. The number of anilines is 1. The first-order chi connectivity index (χ1) is 16.9. The van der Waals surface area contributed by atoms with Crippen LogP contribution in [-0.2, 0) is 14.3 Å². The Bertz CT molecular complexity index is 1130. The third-order valence-corrected chi connectivity index (χ3v) is 5.14. The Balaban J connectivity index is 2.45. The summed E-state index contributed by atoms with van der Waals surface area (Å²) in [5.41, 5.74) is 1.72. The van der Waals surface area contributed by atoms with E-state index in [1.54, 1.807) is 58.0 Å². The van der Waals surface area contributed by atoms with Crippen LogP contribution in [0.1, 0.15) is 43.5 Å². The summed E-state index contributed by atoms with van der Waals surface area (Å²) in [7, 11) is 1.53. The highest BCUT2D eigenvalue weighted by Crippen LogP contribution is 2.28. The Hall–Kier alpha value is -4.03. The third kappa shape index (κ3) is 7.48. The number of methoxy groups -OCH3 is 1. The summed E-state index contributed by atoms with van der Waals surface area (Å²) >= 11 is 0. The molecule has 3 amide bonds. The van der Waals surface area contributed by atoms with E-state index < -0.39 is 42.2 Å². The average molecular weight is 496 g/mol. The van der Waals surface area contributed by atoms with Crippen LogP contribution < -0.4 is 15.4 Å². The molecule has 0 radical (unpaired) electrons. The monoisotopic (exact) mass is 495 g/mol. The zero-order chi connectivity index (χ0) is 27.0. The molecule has 9 heteroatoms. The Morgan fingerprint density at radius 2 is 1.75 bits per heavy atom. The van der Waals surface area contributed by atoms with Crippen molar-refractivity contribution in [2.75, 3.05) is 19.0 Å². The number of benzene rings is 2. The minimum Gasteiger partial charge on any atom is -0.497 e. The first-order valence-electron chi connectivity index (χ1n) is 11.3. The van der Waals surface area contributed by atoms with Crippen LogP contribution in [0.2, 0.25) is 0 Å². The molecule has 36 heavy (non-hydrogen) atoms. The fourth-order valence-electron chi connectivity index (χ4n) is 3.41. The van der Waals surface area contributed by atoms with E-state index in [0.717, 1.165) is 16.0 Å². The highest BCUT2D eigenvalue weighted by molar-refractivity contribution is 5.99. The molecule has 2 atom stereocenters. The SMILES string of the molecule is C#CN(C(=O)C(CO)NC(=O)OC(C)(C)C)C(C(=O)Nc1ccc(OC)cc1)c1cc(C)ccc1C. The lowest BCUT2D eigenvalue weighted by atomic mass is 9.96. The van der Waals surface area contributed by atoms with Gasteiger partial charge in [-0.05, 0) is 70.0 Å². The molecule has 0 aliphatic heterocycles. The van der Waals surface area contributed by atoms with E-state index in [4.69, 9.17) is 15.9 Å². The number of hydrogen-bond donors (Lipinski definition) is 3. The van der Waals surface area contributed by atoms with E-state index in [1.165, 1.54) is 7.11 Å². The molecule has 0 saturated heterocycles. The maximum absolute atomic E-state index is 13.6. The number of carbonyl (C=O) groups is 3. The van der Waals surface area contributed by atoms with Crippen molar-refractivity contribution in [1.29, 1.82) is 0 Å². The van der Waals surface area contributed by atoms with Gasteiger partial charge in [0, 0.05) is 11.7 Å². The number of ether oxygens (including phenoxy) is 2. The van der Waals surface area contributed by atoms with Crippen molar-refractivity contribution in [3.8, 4) is 18.2 Å². The Kier molecular flexibility index (Phi) is 9.47. The second-order valence-corrected chi connectivity index (χ2v) is 9.20. The van der Waals surface area contributed by atoms with E-state index in [0.29, 0.717) is 17.0 Å². The van der Waals surface area contributed by atoms with Gasteiger partial charge in [-0.2, -0.15) is 0 Å². The molecule has 2 rings (SSSR count). The van der Waals surface area contributed by atoms with Crippen molar-refractivity contribution in [2.45, 2.75) is 52.3 Å². The zero-order valence-electron chi connectivity index (χ0n) is 21.4. The van der Waals surface area contributed by atoms with Crippen LogP contribution in [0, 0.1) is 26.3 Å². The van der Waals surface area contributed by atoms with E-state index in [-0.39, 0.29) is 0 Å². The number of amides is 3. The molecule has 2 unspecified atom stereocenters. The van der Waals surface area contributed by atoms with Gasteiger partial charge in [-0.15, -0.1) is 0 Å². The van der Waals surface area contributed by atoms with Crippen LogP contribution in [-0.4, -0.2) is 53.3 Å². The molecule has 0 heterocycles. The van der Waals surface area contributed by atoms with Crippen LogP contribution in [0.5, 0.6) is 5.75 Å². The average Bonchev–Trinajstić information content (AvgIpc) is 2.81. The lowest BCUT2D eigenvalue weighted by Gasteiger charge is -2.30. The topological polar surface area (TPSA) is 117 Å². The molecular formula is C27H33N3O6. The number of nitrogens with one attached hydrogen (secondary N) is 2. The van der Waals surface area contributed by atoms with Crippen LogP contribution in [0.4, 0.5) is 10.5 Å². The van der Waals surface area contributed by atoms with Crippen LogP contribution >= 0.6 is 0 Å². The minimum absolute atomic E-state index is 0.464. The molecule has 0 fully saturated rings. The predicted molar refractivity (Wildman–Crippen MR) is 136 cm³/mol. The Labute approximate surface area is 211 Å². The number of nitrogens with zero attached hydrogens (tertiary/aromatic N) is 1.